The molecule has 1 aliphatic rings. The van der Waals surface area contributed by atoms with Gasteiger partial charge in [-0.25, -0.2) is 0 Å². The number of methoxy groups -OCH3 is 3. The SMILES string of the molecule is [CH2]C1CC(OC)CC(OC)C1OC. The lowest BCUT2D eigenvalue weighted by Crippen LogP contribution is -2.44. The van der Waals surface area contributed by atoms with E-state index in [2.05, 4.69) is 6.92 Å². The molecule has 3 nitrogen and oxygen atoms in total. The monoisotopic (exact) mass is 187 g/mol. The molecule has 4 atom stereocenters. The summed E-state index contributed by atoms with van der Waals surface area (Å²) in [4.78, 5) is 0. The zero-order valence-electron chi connectivity index (χ0n) is 8.66. The number of ether oxygens (including phenoxy) is 3. The van der Waals surface area contributed by atoms with Crippen molar-refractivity contribution < 1.29 is 14.2 Å². The number of rotatable bonds is 3. The van der Waals surface area contributed by atoms with Crippen LogP contribution in [0.3, 0.4) is 0 Å². The molecule has 0 aromatic carbocycles. The van der Waals surface area contributed by atoms with Crippen LogP contribution in [0.25, 0.3) is 0 Å². The lowest BCUT2D eigenvalue weighted by atomic mass is 9.83. The van der Waals surface area contributed by atoms with Gasteiger partial charge in [0.2, 0.25) is 0 Å². The Morgan fingerprint density at radius 1 is 1.00 bits per heavy atom. The maximum atomic E-state index is 5.36. The van der Waals surface area contributed by atoms with Gasteiger partial charge < -0.3 is 14.2 Å². The Balaban J connectivity index is 2.57. The third-order valence-electron chi connectivity index (χ3n) is 2.80. The Labute approximate surface area is 80.4 Å². The van der Waals surface area contributed by atoms with Crippen molar-refractivity contribution in [1.82, 2.24) is 0 Å². The van der Waals surface area contributed by atoms with Crippen molar-refractivity contribution in [2.24, 2.45) is 5.92 Å². The summed E-state index contributed by atoms with van der Waals surface area (Å²) in [5, 5.41) is 0. The van der Waals surface area contributed by atoms with Crippen molar-refractivity contribution >= 4 is 0 Å². The minimum absolute atomic E-state index is 0.108. The first kappa shape index (κ1) is 11.0. The predicted octanol–water partition coefficient (Wildman–Crippen LogP) is 1.28. The normalized spacial score (nSPS) is 40.6. The topological polar surface area (TPSA) is 27.7 Å². The fourth-order valence-corrected chi connectivity index (χ4v) is 2.03. The fourth-order valence-electron chi connectivity index (χ4n) is 2.03. The van der Waals surface area contributed by atoms with E-state index in [0.717, 1.165) is 12.8 Å². The molecule has 0 aromatic heterocycles. The van der Waals surface area contributed by atoms with Gasteiger partial charge >= 0.3 is 0 Å². The second-order valence-electron chi connectivity index (χ2n) is 3.56. The van der Waals surface area contributed by atoms with Crippen molar-refractivity contribution in [3.05, 3.63) is 6.92 Å². The molecule has 0 aromatic rings. The summed E-state index contributed by atoms with van der Waals surface area (Å²) in [7, 11) is 5.15. The highest BCUT2D eigenvalue weighted by molar-refractivity contribution is 4.89. The van der Waals surface area contributed by atoms with Crippen molar-refractivity contribution in [3.8, 4) is 0 Å². The van der Waals surface area contributed by atoms with E-state index in [4.69, 9.17) is 14.2 Å². The van der Waals surface area contributed by atoms with Gasteiger partial charge in [0.1, 0.15) is 0 Å². The quantitative estimate of drug-likeness (QED) is 0.666. The van der Waals surface area contributed by atoms with E-state index in [1.807, 2.05) is 0 Å². The first-order valence-corrected chi connectivity index (χ1v) is 4.64. The average molecular weight is 187 g/mol. The van der Waals surface area contributed by atoms with Crippen LogP contribution < -0.4 is 0 Å². The van der Waals surface area contributed by atoms with Crippen molar-refractivity contribution in [1.29, 1.82) is 0 Å². The smallest absolute Gasteiger partial charge is 0.0862 e. The molecule has 3 heteroatoms. The van der Waals surface area contributed by atoms with E-state index in [1.165, 1.54) is 0 Å². The Hall–Kier alpha value is -0.120. The van der Waals surface area contributed by atoms with Crippen LogP contribution in [0.2, 0.25) is 0 Å². The van der Waals surface area contributed by atoms with Gasteiger partial charge in [-0.1, -0.05) is 0 Å². The highest BCUT2D eigenvalue weighted by Crippen LogP contribution is 2.29. The maximum Gasteiger partial charge on any atom is 0.0862 e. The van der Waals surface area contributed by atoms with Gasteiger partial charge in [0.05, 0.1) is 18.3 Å². The van der Waals surface area contributed by atoms with E-state index >= 15 is 0 Å². The molecule has 77 valence electrons. The second kappa shape index (κ2) is 4.94. The van der Waals surface area contributed by atoms with Gasteiger partial charge in [-0.2, -0.15) is 0 Å². The second-order valence-corrected chi connectivity index (χ2v) is 3.56. The van der Waals surface area contributed by atoms with E-state index < -0.39 is 0 Å². The van der Waals surface area contributed by atoms with Crippen LogP contribution in [0.15, 0.2) is 0 Å². The molecule has 1 radical (unpaired) electrons. The Morgan fingerprint density at radius 2 is 1.69 bits per heavy atom. The molecule has 0 saturated heterocycles. The lowest BCUT2D eigenvalue weighted by Gasteiger charge is -2.38. The average Bonchev–Trinajstić information content (AvgIpc) is 2.16. The molecule has 4 unspecified atom stereocenters. The third kappa shape index (κ3) is 2.42. The molecule has 0 N–H and O–H groups in total. The Bertz CT molecular complexity index is 149. The van der Waals surface area contributed by atoms with Gasteiger partial charge in [-0.05, 0) is 19.3 Å². The van der Waals surface area contributed by atoms with Crippen LogP contribution in [-0.4, -0.2) is 39.6 Å². The van der Waals surface area contributed by atoms with Crippen LogP contribution in [0.4, 0.5) is 0 Å². The molecule has 1 fully saturated rings. The first-order chi connectivity index (χ1) is 6.22. The molecule has 0 aliphatic heterocycles. The lowest BCUT2D eigenvalue weighted by molar-refractivity contribution is -0.113. The zero-order valence-corrected chi connectivity index (χ0v) is 8.66. The molecule has 0 bridgehead atoms. The maximum absolute atomic E-state index is 5.36. The predicted molar refractivity (Wildman–Crippen MR) is 50.5 cm³/mol. The van der Waals surface area contributed by atoms with Gasteiger partial charge in [-0.15, -0.1) is 0 Å². The largest absolute Gasteiger partial charge is 0.381 e. The summed E-state index contributed by atoms with van der Waals surface area (Å²) in [6.45, 7) is 4.06. The van der Waals surface area contributed by atoms with Crippen LogP contribution in [0.1, 0.15) is 12.8 Å². The molecule has 0 amide bonds. The summed E-state index contributed by atoms with van der Waals surface area (Å²) in [5.74, 6) is 0.258. The highest BCUT2D eigenvalue weighted by atomic mass is 16.5. The molecular formula is C10H19O3. The zero-order chi connectivity index (χ0) is 9.84. The number of hydrogen-bond acceptors (Lipinski definition) is 3. The Kier molecular flexibility index (Phi) is 4.16. The van der Waals surface area contributed by atoms with Crippen molar-refractivity contribution in [2.75, 3.05) is 21.3 Å². The molecule has 1 saturated carbocycles. The first-order valence-electron chi connectivity index (χ1n) is 4.64. The molecule has 1 aliphatic carbocycles. The molecule has 0 heterocycles. The highest BCUT2D eigenvalue weighted by Gasteiger charge is 2.35. The summed E-state index contributed by atoms with van der Waals surface area (Å²) in [6, 6.07) is 0. The molecular weight excluding hydrogens is 168 g/mol. The van der Waals surface area contributed by atoms with Crippen LogP contribution in [-0.2, 0) is 14.2 Å². The van der Waals surface area contributed by atoms with Crippen LogP contribution in [0.5, 0.6) is 0 Å². The summed E-state index contributed by atoms with van der Waals surface area (Å²) in [5.41, 5.74) is 0. The molecule has 1 rings (SSSR count). The van der Waals surface area contributed by atoms with Gasteiger partial charge in [0.15, 0.2) is 0 Å². The van der Waals surface area contributed by atoms with Crippen LogP contribution in [0, 0.1) is 12.8 Å². The fraction of sp³-hybridized carbons (Fsp3) is 0.900. The Morgan fingerprint density at radius 3 is 2.15 bits per heavy atom. The summed E-state index contributed by atoms with van der Waals surface area (Å²) >= 11 is 0. The minimum atomic E-state index is 0.108. The van der Waals surface area contributed by atoms with E-state index in [9.17, 15) is 0 Å². The summed E-state index contributed by atoms with van der Waals surface area (Å²) < 4.78 is 16.0. The van der Waals surface area contributed by atoms with Crippen LogP contribution >= 0.6 is 0 Å². The number of hydrogen-bond donors (Lipinski definition) is 0. The van der Waals surface area contributed by atoms with Gasteiger partial charge in [0, 0.05) is 27.8 Å². The standard InChI is InChI=1S/C10H19O3/c1-7-5-8(11-2)6-9(12-3)10(7)13-4/h7-10H,1,5-6H2,2-4H3. The van der Waals surface area contributed by atoms with Crippen molar-refractivity contribution in [3.63, 3.8) is 0 Å². The summed E-state index contributed by atoms with van der Waals surface area (Å²) in [6.07, 6.45) is 2.34. The third-order valence-corrected chi connectivity index (χ3v) is 2.80. The molecule has 13 heavy (non-hydrogen) atoms. The van der Waals surface area contributed by atoms with Gasteiger partial charge in [0.25, 0.3) is 0 Å². The minimum Gasteiger partial charge on any atom is -0.381 e. The van der Waals surface area contributed by atoms with E-state index in [0.29, 0.717) is 0 Å². The molecule has 0 spiro atoms. The van der Waals surface area contributed by atoms with E-state index in [1.54, 1.807) is 21.3 Å². The van der Waals surface area contributed by atoms with Crippen molar-refractivity contribution in [2.45, 2.75) is 31.2 Å². The van der Waals surface area contributed by atoms with Gasteiger partial charge in [-0.3, -0.25) is 0 Å². The van der Waals surface area contributed by atoms with E-state index in [-0.39, 0.29) is 24.2 Å².